The molecule has 0 saturated carbocycles. The number of halogens is 1. The number of hydrogen-bond donors (Lipinski definition) is 2. The second-order valence-electron chi connectivity index (χ2n) is 4.96. The van der Waals surface area contributed by atoms with E-state index in [1.165, 1.54) is 4.90 Å². The van der Waals surface area contributed by atoms with Crippen molar-refractivity contribution in [2.75, 3.05) is 11.1 Å². The van der Waals surface area contributed by atoms with Crippen molar-refractivity contribution in [2.24, 2.45) is 0 Å². The summed E-state index contributed by atoms with van der Waals surface area (Å²) in [6.07, 6.45) is 2.45. The number of urea groups is 1. The lowest BCUT2D eigenvalue weighted by molar-refractivity contribution is -0.137. The lowest BCUT2D eigenvalue weighted by atomic mass is 10.0. The first-order chi connectivity index (χ1) is 9.54. The fourth-order valence-electron chi connectivity index (χ4n) is 2.74. The summed E-state index contributed by atoms with van der Waals surface area (Å²) in [5, 5.41) is 11.8. The topological polar surface area (TPSA) is 86.7 Å². The van der Waals surface area contributed by atoms with Gasteiger partial charge >= 0.3 is 12.0 Å². The standard InChI is InChI=1S/C12H17BrN2O4S/c13-5-9(16)15-11-7(14-12(15)19)6-20-8(11)3-1-2-4-10(17)18/h7-8,11H,1-6H2,(H,14,19)(H,17,18)/t7-,8-,11-/m1/s1. The van der Waals surface area contributed by atoms with Gasteiger partial charge in [0.25, 0.3) is 0 Å². The molecule has 3 atom stereocenters. The summed E-state index contributed by atoms with van der Waals surface area (Å²) in [5.41, 5.74) is 0. The van der Waals surface area contributed by atoms with E-state index in [4.69, 9.17) is 5.11 Å². The summed E-state index contributed by atoms with van der Waals surface area (Å²) >= 11 is 4.86. The minimum Gasteiger partial charge on any atom is -0.481 e. The molecule has 0 radical (unpaired) electrons. The van der Waals surface area contributed by atoms with Crippen LogP contribution in [0.5, 0.6) is 0 Å². The zero-order valence-electron chi connectivity index (χ0n) is 10.9. The lowest BCUT2D eigenvalue weighted by Crippen LogP contribution is -2.45. The second kappa shape index (κ2) is 6.80. The summed E-state index contributed by atoms with van der Waals surface area (Å²) in [6, 6.07) is -0.373. The molecule has 0 aromatic heterocycles. The number of hydrogen-bond acceptors (Lipinski definition) is 4. The molecule has 2 heterocycles. The number of carboxylic acid groups (broad SMARTS) is 1. The van der Waals surface area contributed by atoms with Gasteiger partial charge in [-0.05, 0) is 12.8 Å². The van der Waals surface area contributed by atoms with Crippen LogP contribution in [0.15, 0.2) is 0 Å². The number of fused-ring (bicyclic) bond motifs is 1. The summed E-state index contributed by atoms with van der Waals surface area (Å²) in [5.74, 6) is -0.185. The Balaban J connectivity index is 1.92. The molecule has 2 fully saturated rings. The molecule has 0 aromatic carbocycles. The molecule has 2 aliphatic heterocycles. The molecule has 3 amide bonds. The number of carbonyl (C=O) groups excluding carboxylic acids is 2. The molecule has 0 aromatic rings. The van der Waals surface area contributed by atoms with Gasteiger partial charge in [0.2, 0.25) is 5.91 Å². The highest BCUT2D eigenvalue weighted by atomic mass is 79.9. The molecule has 112 valence electrons. The number of carbonyl (C=O) groups is 3. The number of nitrogens with one attached hydrogen (secondary N) is 1. The Bertz CT molecular complexity index is 412. The van der Waals surface area contributed by atoms with E-state index < -0.39 is 5.97 Å². The van der Waals surface area contributed by atoms with E-state index in [0.717, 1.165) is 18.6 Å². The Morgan fingerprint density at radius 1 is 1.45 bits per heavy atom. The SMILES string of the molecule is O=C(O)CCCC[C@H]1SC[C@H]2NC(=O)N(C(=O)CBr)[C@H]21. The van der Waals surface area contributed by atoms with Gasteiger partial charge in [-0.1, -0.05) is 22.4 Å². The summed E-state index contributed by atoms with van der Waals surface area (Å²) in [4.78, 5) is 35.5. The maximum atomic E-state index is 11.9. The molecule has 2 N–H and O–H groups in total. The number of aliphatic carboxylic acids is 1. The normalized spacial score (nSPS) is 28.4. The van der Waals surface area contributed by atoms with E-state index in [1.54, 1.807) is 11.8 Å². The van der Waals surface area contributed by atoms with Crippen molar-refractivity contribution >= 4 is 45.6 Å². The van der Waals surface area contributed by atoms with Crippen LogP contribution in [-0.4, -0.2) is 56.3 Å². The van der Waals surface area contributed by atoms with Crippen LogP contribution in [0.4, 0.5) is 4.79 Å². The first kappa shape index (κ1) is 15.6. The van der Waals surface area contributed by atoms with Gasteiger partial charge in [-0.3, -0.25) is 14.5 Å². The lowest BCUT2D eigenvalue weighted by Gasteiger charge is -2.25. The second-order valence-corrected chi connectivity index (χ2v) is 6.79. The van der Waals surface area contributed by atoms with E-state index in [0.29, 0.717) is 6.42 Å². The maximum absolute atomic E-state index is 11.9. The van der Waals surface area contributed by atoms with E-state index in [1.807, 2.05) is 0 Å². The first-order valence-electron chi connectivity index (χ1n) is 6.56. The van der Waals surface area contributed by atoms with Crippen molar-refractivity contribution in [3.05, 3.63) is 0 Å². The fourth-order valence-corrected chi connectivity index (χ4v) is 4.59. The zero-order chi connectivity index (χ0) is 14.7. The van der Waals surface area contributed by atoms with Gasteiger partial charge in [-0.2, -0.15) is 11.8 Å². The molecule has 0 bridgehead atoms. The van der Waals surface area contributed by atoms with Crippen molar-refractivity contribution in [3.8, 4) is 0 Å². The highest BCUT2D eigenvalue weighted by Crippen LogP contribution is 2.37. The number of carboxylic acids is 1. The van der Waals surface area contributed by atoms with Gasteiger partial charge in [0.05, 0.1) is 17.4 Å². The largest absolute Gasteiger partial charge is 0.481 e. The Morgan fingerprint density at radius 2 is 2.20 bits per heavy atom. The van der Waals surface area contributed by atoms with Gasteiger partial charge in [0.1, 0.15) is 0 Å². The Labute approximate surface area is 129 Å². The monoisotopic (exact) mass is 364 g/mol. The predicted molar refractivity (Wildman–Crippen MR) is 79.1 cm³/mol. The molecule has 0 unspecified atom stereocenters. The highest BCUT2D eigenvalue weighted by molar-refractivity contribution is 9.09. The number of rotatable bonds is 6. The van der Waals surface area contributed by atoms with Gasteiger partial charge in [0.15, 0.2) is 0 Å². The number of alkyl halides is 1. The Hall–Kier alpha value is -0.760. The summed E-state index contributed by atoms with van der Waals surface area (Å²) in [6.45, 7) is 0. The minimum absolute atomic E-state index is 0.0278. The molecule has 0 aliphatic carbocycles. The zero-order valence-corrected chi connectivity index (χ0v) is 13.3. The quantitative estimate of drug-likeness (QED) is 0.423. The number of imide groups is 1. The molecule has 8 heteroatoms. The Morgan fingerprint density at radius 3 is 2.85 bits per heavy atom. The van der Waals surface area contributed by atoms with Crippen LogP contribution in [0.1, 0.15) is 25.7 Å². The minimum atomic E-state index is -0.782. The average molecular weight is 365 g/mol. The fraction of sp³-hybridized carbons (Fsp3) is 0.750. The van der Waals surface area contributed by atoms with Crippen molar-refractivity contribution in [3.63, 3.8) is 0 Å². The number of thioether (sulfide) groups is 1. The molecule has 2 aliphatic rings. The third-order valence-electron chi connectivity index (χ3n) is 3.62. The first-order valence-corrected chi connectivity index (χ1v) is 8.73. The molecular weight excluding hydrogens is 348 g/mol. The van der Waals surface area contributed by atoms with Crippen molar-refractivity contribution < 1.29 is 19.5 Å². The van der Waals surface area contributed by atoms with Crippen LogP contribution in [0, 0.1) is 0 Å². The van der Waals surface area contributed by atoms with Crippen LogP contribution >= 0.6 is 27.7 Å². The van der Waals surface area contributed by atoms with Gasteiger partial charge < -0.3 is 10.4 Å². The van der Waals surface area contributed by atoms with Crippen LogP contribution in [0.3, 0.4) is 0 Å². The third kappa shape index (κ3) is 3.28. The molecule has 6 nitrogen and oxygen atoms in total. The molecule has 2 saturated heterocycles. The van der Waals surface area contributed by atoms with Crippen LogP contribution < -0.4 is 5.32 Å². The molecule has 0 spiro atoms. The maximum Gasteiger partial charge on any atom is 0.324 e. The number of unbranched alkanes of at least 4 members (excludes halogenated alkanes) is 1. The van der Waals surface area contributed by atoms with Crippen molar-refractivity contribution in [2.45, 2.75) is 43.0 Å². The highest BCUT2D eigenvalue weighted by Gasteiger charge is 2.50. The Kier molecular flexibility index (Phi) is 5.31. The predicted octanol–water partition coefficient (Wildman–Crippen LogP) is 1.43. The van der Waals surface area contributed by atoms with Crippen LogP contribution in [0.25, 0.3) is 0 Å². The van der Waals surface area contributed by atoms with Crippen molar-refractivity contribution in [1.29, 1.82) is 0 Å². The smallest absolute Gasteiger partial charge is 0.324 e. The van der Waals surface area contributed by atoms with Gasteiger partial charge in [-0.25, -0.2) is 4.79 Å². The van der Waals surface area contributed by atoms with Gasteiger partial charge in [0, 0.05) is 17.4 Å². The van der Waals surface area contributed by atoms with Gasteiger partial charge in [-0.15, -0.1) is 0 Å². The van der Waals surface area contributed by atoms with Crippen molar-refractivity contribution in [1.82, 2.24) is 10.2 Å². The number of amides is 3. The number of nitrogens with zero attached hydrogens (tertiary/aromatic N) is 1. The summed E-state index contributed by atoms with van der Waals surface area (Å²) < 4.78 is 0. The van der Waals surface area contributed by atoms with E-state index in [-0.39, 0.29) is 41.0 Å². The molecule has 20 heavy (non-hydrogen) atoms. The summed E-state index contributed by atoms with van der Waals surface area (Å²) in [7, 11) is 0. The van der Waals surface area contributed by atoms with Crippen LogP contribution in [-0.2, 0) is 9.59 Å². The van der Waals surface area contributed by atoms with E-state index in [2.05, 4.69) is 21.2 Å². The average Bonchev–Trinajstić information content (AvgIpc) is 2.92. The molecule has 2 rings (SSSR count). The van der Waals surface area contributed by atoms with E-state index >= 15 is 0 Å². The van der Waals surface area contributed by atoms with E-state index in [9.17, 15) is 14.4 Å². The molecular formula is C12H17BrN2O4S. The third-order valence-corrected chi connectivity index (χ3v) is 5.60. The van der Waals surface area contributed by atoms with Crippen LogP contribution in [0.2, 0.25) is 0 Å².